The first kappa shape index (κ1) is 20.0. The number of nitrogens with one attached hydrogen (secondary N) is 2. The van der Waals surface area contributed by atoms with Crippen molar-refractivity contribution in [2.45, 2.75) is 20.3 Å². The van der Waals surface area contributed by atoms with Gasteiger partial charge in [-0.15, -0.1) is 0 Å². The summed E-state index contributed by atoms with van der Waals surface area (Å²) in [4.78, 5) is 40.3. The van der Waals surface area contributed by atoms with Crippen LogP contribution in [0.15, 0.2) is 54.7 Å². The Morgan fingerprint density at radius 2 is 1.76 bits per heavy atom. The monoisotopic (exact) mass is 391 g/mol. The second-order valence-electron chi connectivity index (χ2n) is 6.58. The molecule has 2 N–H and O–H groups in total. The lowest BCUT2D eigenvalue weighted by Crippen LogP contribution is -2.37. The number of ether oxygens (including phenoxy) is 1. The summed E-state index contributed by atoms with van der Waals surface area (Å²) in [5.74, 6) is -1.29. The van der Waals surface area contributed by atoms with Crippen molar-refractivity contribution in [1.29, 1.82) is 0 Å². The number of para-hydroxylation sites is 1. The summed E-state index contributed by atoms with van der Waals surface area (Å²) in [6.07, 6.45) is 1.63. The number of hydrogen-bond donors (Lipinski definition) is 2. The quantitative estimate of drug-likeness (QED) is 0.651. The molecule has 0 unspecified atom stereocenters. The van der Waals surface area contributed by atoms with Crippen molar-refractivity contribution in [3.8, 4) is 0 Å². The molecule has 1 aromatic heterocycles. The maximum atomic E-state index is 12.1. The minimum Gasteiger partial charge on any atom is -0.455 e. The van der Waals surface area contributed by atoms with Crippen LogP contribution in [0.3, 0.4) is 0 Å². The number of aryl methyl sites for hydroxylation is 1. The highest BCUT2D eigenvalue weighted by Gasteiger charge is 2.14. The highest BCUT2D eigenvalue weighted by Crippen LogP contribution is 2.18. The van der Waals surface area contributed by atoms with Crippen LogP contribution in [0, 0.1) is 13.8 Å². The molecule has 3 amide bonds. The van der Waals surface area contributed by atoms with E-state index in [-0.39, 0.29) is 6.42 Å². The number of rotatable bonds is 5. The molecule has 0 saturated carbocycles. The van der Waals surface area contributed by atoms with Crippen molar-refractivity contribution >= 4 is 34.5 Å². The van der Waals surface area contributed by atoms with E-state index >= 15 is 0 Å². The molecular weight excluding hydrogens is 370 g/mol. The number of fused-ring (bicyclic) bond motifs is 1. The largest absolute Gasteiger partial charge is 0.455 e. The summed E-state index contributed by atoms with van der Waals surface area (Å²) in [5, 5.41) is 5.67. The van der Waals surface area contributed by atoms with E-state index in [1.165, 1.54) is 0 Å². The van der Waals surface area contributed by atoms with Crippen LogP contribution in [-0.2, 0) is 20.7 Å². The highest BCUT2D eigenvalue weighted by molar-refractivity contribution is 6.02. The second kappa shape index (κ2) is 8.97. The van der Waals surface area contributed by atoms with Crippen LogP contribution < -0.4 is 10.6 Å². The zero-order valence-corrected chi connectivity index (χ0v) is 16.2. The zero-order chi connectivity index (χ0) is 20.8. The molecule has 0 saturated heterocycles. The Morgan fingerprint density at radius 1 is 1.00 bits per heavy atom. The van der Waals surface area contributed by atoms with Gasteiger partial charge in [-0.3, -0.25) is 19.9 Å². The molecule has 0 atom stereocenters. The number of carbonyl (C=O) groups is 3. The van der Waals surface area contributed by atoms with E-state index in [0.717, 1.165) is 16.5 Å². The SMILES string of the molecule is Cc1cccc(NC(=O)NC(=O)COC(=O)Cc2cccc3cccnc23)c1C. The third-order valence-electron chi connectivity index (χ3n) is 4.52. The lowest BCUT2D eigenvalue weighted by Gasteiger charge is -2.11. The molecule has 3 rings (SSSR count). The van der Waals surface area contributed by atoms with E-state index < -0.39 is 24.5 Å². The van der Waals surface area contributed by atoms with Gasteiger partial charge in [0.25, 0.3) is 5.91 Å². The molecule has 148 valence electrons. The number of nitrogens with zero attached hydrogens (tertiary/aromatic N) is 1. The molecule has 3 aromatic rings. The van der Waals surface area contributed by atoms with Crippen molar-refractivity contribution in [3.05, 3.63) is 71.4 Å². The molecule has 0 aliphatic heterocycles. The van der Waals surface area contributed by atoms with Crippen LogP contribution in [0.1, 0.15) is 16.7 Å². The van der Waals surface area contributed by atoms with E-state index in [2.05, 4.69) is 15.6 Å². The lowest BCUT2D eigenvalue weighted by atomic mass is 10.1. The van der Waals surface area contributed by atoms with Gasteiger partial charge in [-0.05, 0) is 42.7 Å². The van der Waals surface area contributed by atoms with Gasteiger partial charge < -0.3 is 10.1 Å². The molecule has 0 fully saturated rings. The smallest absolute Gasteiger partial charge is 0.325 e. The number of pyridine rings is 1. The molecule has 0 spiro atoms. The van der Waals surface area contributed by atoms with Gasteiger partial charge in [0, 0.05) is 17.3 Å². The van der Waals surface area contributed by atoms with Crippen LogP contribution in [0.5, 0.6) is 0 Å². The average Bonchev–Trinajstić information content (AvgIpc) is 2.70. The fraction of sp³-hybridized carbons (Fsp3) is 0.182. The van der Waals surface area contributed by atoms with Gasteiger partial charge in [0.2, 0.25) is 0 Å². The Morgan fingerprint density at radius 3 is 2.59 bits per heavy atom. The Labute approximate surface area is 168 Å². The van der Waals surface area contributed by atoms with Crippen molar-refractivity contribution in [1.82, 2.24) is 10.3 Å². The van der Waals surface area contributed by atoms with Crippen molar-refractivity contribution in [2.24, 2.45) is 0 Å². The summed E-state index contributed by atoms with van der Waals surface area (Å²) < 4.78 is 4.99. The topological polar surface area (TPSA) is 97.4 Å². The van der Waals surface area contributed by atoms with Gasteiger partial charge >= 0.3 is 12.0 Å². The van der Waals surface area contributed by atoms with Crippen LogP contribution in [0.4, 0.5) is 10.5 Å². The molecular formula is C22H21N3O4. The maximum absolute atomic E-state index is 12.1. The number of imide groups is 1. The van der Waals surface area contributed by atoms with Gasteiger partial charge in [0.1, 0.15) is 0 Å². The van der Waals surface area contributed by atoms with Crippen LogP contribution >= 0.6 is 0 Å². The number of benzene rings is 2. The Kier molecular flexibility index (Phi) is 6.19. The number of amides is 3. The molecule has 2 aromatic carbocycles. The highest BCUT2D eigenvalue weighted by atomic mass is 16.5. The molecule has 7 nitrogen and oxygen atoms in total. The maximum Gasteiger partial charge on any atom is 0.325 e. The van der Waals surface area contributed by atoms with Gasteiger partial charge in [-0.1, -0.05) is 36.4 Å². The summed E-state index contributed by atoms with van der Waals surface area (Å²) in [6.45, 7) is 3.25. The molecule has 0 aliphatic carbocycles. The van der Waals surface area contributed by atoms with E-state index in [0.29, 0.717) is 16.8 Å². The normalized spacial score (nSPS) is 10.4. The van der Waals surface area contributed by atoms with Gasteiger partial charge in [-0.2, -0.15) is 0 Å². The first-order valence-corrected chi connectivity index (χ1v) is 9.09. The first-order valence-electron chi connectivity index (χ1n) is 9.09. The number of hydrogen-bond acceptors (Lipinski definition) is 5. The van der Waals surface area contributed by atoms with Crippen LogP contribution in [0.25, 0.3) is 10.9 Å². The molecule has 0 radical (unpaired) electrons. The first-order chi connectivity index (χ1) is 13.9. The van der Waals surface area contributed by atoms with E-state index in [1.54, 1.807) is 18.3 Å². The number of esters is 1. The third-order valence-corrected chi connectivity index (χ3v) is 4.52. The van der Waals surface area contributed by atoms with Crippen LogP contribution in [-0.4, -0.2) is 29.5 Å². The van der Waals surface area contributed by atoms with Crippen LogP contribution in [0.2, 0.25) is 0 Å². The minimum absolute atomic E-state index is 0.0175. The number of urea groups is 1. The lowest BCUT2D eigenvalue weighted by molar-refractivity contribution is -0.147. The number of aromatic nitrogens is 1. The van der Waals surface area contributed by atoms with Crippen molar-refractivity contribution in [3.63, 3.8) is 0 Å². The number of carbonyl (C=O) groups excluding carboxylic acids is 3. The predicted molar refractivity (Wildman–Crippen MR) is 109 cm³/mol. The molecule has 0 aliphatic rings. The molecule has 0 bridgehead atoms. The van der Waals surface area contributed by atoms with Gasteiger partial charge in [-0.25, -0.2) is 4.79 Å². The average molecular weight is 391 g/mol. The zero-order valence-electron chi connectivity index (χ0n) is 16.2. The predicted octanol–water partition coefficient (Wildman–Crippen LogP) is 3.29. The second-order valence-corrected chi connectivity index (χ2v) is 6.58. The summed E-state index contributed by atoms with van der Waals surface area (Å²) in [7, 11) is 0. The Balaban J connectivity index is 1.50. The molecule has 7 heteroatoms. The standard InChI is InChI=1S/C22H21N3O4/c1-14-6-3-10-18(15(14)2)24-22(28)25-19(26)13-29-20(27)12-17-8-4-7-16-9-5-11-23-21(16)17/h3-11H,12-13H2,1-2H3,(H2,24,25,26,28). The van der Waals surface area contributed by atoms with Crippen molar-refractivity contribution < 1.29 is 19.1 Å². The van der Waals surface area contributed by atoms with Gasteiger partial charge in [0.15, 0.2) is 6.61 Å². The fourth-order valence-corrected chi connectivity index (χ4v) is 2.87. The Bertz CT molecular complexity index is 1070. The van der Waals surface area contributed by atoms with E-state index in [1.807, 2.05) is 50.2 Å². The summed E-state index contributed by atoms with van der Waals surface area (Å²) >= 11 is 0. The fourth-order valence-electron chi connectivity index (χ4n) is 2.87. The van der Waals surface area contributed by atoms with E-state index in [4.69, 9.17) is 4.74 Å². The van der Waals surface area contributed by atoms with E-state index in [9.17, 15) is 14.4 Å². The molecule has 29 heavy (non-hydrogen) atoms. The number of anilines is 1. The van der Waals surface area contributed by atoms with Gasteiger partial charge in [0.05, 0.1) is 11.9 Å². The minimum atomic E-state index is -0.711. The Hall–Kier alpha value is -3.74. The summed E-state index contributed by atoms with van der Waals surface area (Å²) in [6, 6.07) is 14.0. The third kappa shape index (κ3) is 5.16. The molecule has 1 heterocycles. The van der Waals surface area contributed by atoms with Crippen molar-refractivity contribution in [2.75, 3.05) is 11.9 Å². The summed E-state index contributed by atoms with van der Waals surface area (Å²) in [5.41, 5.74) is 3.96.